The van der Waals surface area contributed by atoms with Crippen molar-refractivity contribution in [2.45, 2.75) is 17.9 Å². The Labute approximate surface area is 123 Å². The van der Waals surface area contributed by atoms with Crippen LogP contribution in [-0.2, 0) is 0 Å². The summed E-state index contributed by atoms with van der Waals surface area (Å²) in [4.78, 5) is 1.01. The molecule has 0 heterocycles. The standard InChI is InChI=1S/C16H19NO2S/c1-11-6-7-14(17)16(8-11)20-10-15(18)12-4-3-5-13(9-12)19-2/h3-9,15,18H,10,17H2,1-2H3. The van der Waals surface area contributed by atoms with Crippen LogP contribution in [0.1, 0.15) is 17.2 Å². The molecule has 0 aliphatic heterocycles. The van der Waals surface area contributed by atoms with Gasteiger partial charge in [-0.25, -0.2) is 0 Å². The maximum atomic E-state index is 10.2. The zero-order chi connectivity index (χ0) is 14.5. The lowest BCUT2D eigenvalue weighted by atomic mass is 10.1. The van der Waals surface area contributed by atoms with Crippen molar-refractivity contribution in [1.29, 1.82) is 0 Å². The molecule has 0 bridgehead atoms. The highest BCUT2D eigenvalue weighted by Crippen LogP contribution is 2.30. The minimum Gasteiger partial charge on any atom is -0.497 e. The molecule has 4 heteroatoms. The molecule has 0 aliphatic rings. The second kappa shape index (κ2) is 6.68. The highest BCUT2D eigenvalue weighted by atomic mass is 32.2. The first-order chi connectivity index (χ1) is 9.60. The van der Waals surface area contributed by atoms with Crippen LogP contribution in [0.5, 0.6) is 5.75 Å². The topological polar surface area (TPSA) is 55.5 Å². The van der Waals surface area contributed by atoms with E-state index in [1.807, 2.05) is 49.4 Å². The van der Waals surface area contributed by atoms with Crippen LogP contribution in [0.2, 0.25) is 0 Å². The van der Waals surface area contributed by atoms with Gasteiger partial charge in [0.2, 0.25) is 0 Å². The van der Waals surface area contributed by atoms with E-state index in [1.165, 1.54) is 0 Å². The van der Waals surface area contributed by atoms with E-state index in [4.69, 9.17) is 10.5 Å². The minimum atomic E-state index is -0.546. The fourth-order valence-corrected chi connectivity index (χ4v) is 2.91. The van der Waals surface area contributed by atoms with Gasteiger partial charge in [0.25, 0.3) is 0 Å². The van der Waals surface area contributed by atoms with Crippen molar-refractivity contribution in [2.24, 2.45) is 0 Å². The summed E-state index contributed by atoms with van der Waals surface area (Å²) in [5, 5.41) is 10.2. The Bertz CT molecular complexity index is 586. The van der Waals surface area contributed by atoms with E-state index in [2.05, 4.69) is 0 Å². The molecule has 0 saturated carbocycles. The number of aryl methyl sites for hydroxylation is 1. The van der Waals surface area contributed by atoms with Gasteiger partial charge >= 0.3 is 0 Å². The van der Waals surface area contributed by atoms with E-state index in [-0.39, 0.29) is 0 Å². The third-order valence-corrected chi connectivity index (χ3v) is 4.19. The Kier molecular flexibility index (Phi) is 4.93. The maximum absolute atomic E-state index is 10.2. The fourth-order valence-electron chi connectivity index (χ4n) is 1.88. The van der Waals surface area contributed by atoms with E-state index in [9.17, 15) is 5.11 Å². The van der Waals surface area contributed by atoms with Crippen LogP contribution in [0.3, 0.4) is 0 Å². The lowest BCUT2D eigenvalue weighted by Gasteiger charge is -2.13. The Morgan fingerprint density at radius 1 is 1.25 bits per heavy atom. The highest BCUT2D eigenvalue weighted by molar-refractivity contribution is 7.99. The summed E-state index contributed by atoms with van der Waals surface area (Å²) in [7, 11) is 1.62. The molecule has 0 saturated heterocycles. The minimum absolute atomic E-state index is 0.546. The summed E-state index contributed by atoms with van der Waals surface area (Å²) in [6.07, 6.45) is -0.546. The van der Waals surface area contributed by atoms with Crippen LogP contribution < -0.4 is 10.5 Å². The second-order valence-electron chi connectivity index (χ2n) is 4.64. The van der Waals surface area contributed by atoms with Crippen molar-refractivity contribution in [3.05, 3.63) is 53.6 Å². The van der Waals surface area contributed by atoms with Crippen molar-refractivity contribution in [2.75, 3.05) is 18.6 Å². The van der Waals surface area contributed by atoms with Gasteiger partial charge in [0.15, 0.2) is 0 Å². The summed E-state index contributed by atoms with van der Waals surface area (Å²) in [6.45, 7) is 2.03. The van der Waals surface area contributed by atoms with Gasteiger partial charge in [-0.2, -0.15) is 0 Å². The van der Waals surface area contributed by atoms with Crippen LogP contribution >= 0.6 is 11.8 Å². The van der Waals surface area contributed by atoms with Crippen molar-refractivity contribution < 1.29 is 9.84 Å². The highest BCUT2D eigenvalue weighted by Gasteiger charge is 2.10. The number of anilines is 1. The van der Waals surface area contributed by atoms with Crippen LogP contribution in [0.15, 0.2) is 47.4 Å². The van der Waals surface area contributed by atoms with E-state index in [1.54, 1.807) is 18.9 Å². The van der Waals surface area contributed by atoms with E-state index >= 15 is 0 Å². The third kappa shape index (κ3) is 3.68. The number of aliphatic hydroxyl groups is 1. The summed E-state index contributed by atoms with van der Waals surface area (Å²) >= 11 is 1.56. The number of benzene rings is 2. The monoisotopic (exact) mass is 289 g/mol. The summed E-state index contributed by atoms with van der Waals surface area (Å²) in [5.74, 6) is 1.31. The SMILES string of the molecule is COc1cccc(C(O)CSc2cc(C)ccc2N)c1. The average Bonchev–Trinajstić information content (AvgIpc) is 2.48. The predicted octanol–water partition coefficient (Wildman–Crippen LogP) is 3.41. The Morgan fingerprint density at radius 3 is 2.80 bits per heavy atom. The molecule has 3 nitrogen and oxygen atoms in total. The van der Waals surface area contributed by atoms with Crippen LogP contribution in [0, 0.1) is 6.92 Å². The van der Waals surface area contributed by atoms with Crippen LogP contribution in [0.4, 0.5) is 5.69 Å². The average molecular weight is 289 g/mol. The molecule has 2 rings (SSSR count). The normalized spacial score (nSPS) is 12.2. The Hall–Kier alpha value is -1.65. The number of nitrogen functional groups attached to an aromatic ring is 1. The van der Waals surface area contributed by atoms with Gasteiger partial charge in [-0.15, -0.1) is 11.8 Å². The second-order valence-corrected chi connectivity index (χ2v) is 5.71. The molecule has 0 amide bonds. The fraction of sp³-hybridized carbons (Fsp3) is 0.250. The zero-order valence-corrected chi connectivity index (χ0v) is 12.5. The summed E-state index contributed by atoms with van der Waals surface area (Å²) < 4.78 is 5.16. The molecule has 20 heavy (non-hydrogen) atoms. The van der Waals surface area contributed by atoms with Gasteiger partial charge in [-0.05, 0) is 42.3 Å². The number of hydrogen-bond donors (Lipinski definition) is 2. The number of rotatable bonds is 5. The molecular weight excluding hydrogens is 270 g/mol. The Balaban J connectivity index is 2.04. The van der Waals surface area contributed by atoms with Crippen LogP contribution in [0.25, 0.3) is 0 Å². The molecular formula is C16H19NO2S. The van der Waals surface area contributed by atoms with Gasteiger partial charge in [0.1, 0.15) is 5.75 Å². The molecule has 0 aromatic heterocycles. The van der Waals surface area contributed by atoms with E-state index in [0.29, 0.717) is 5.75 Å². The van der Waals surface area contributed by atoms with E-state index in [0.717, 1.165) is 27.5 Å². The smallest absolute Gasteiger partial charge is 0.119 e. The van der Waals surface area contributed by atoms with Crippen molar-refractivity contribution in [3.63, 3.8) is 0 Å². The third-order valence-electron chi connectivity index (χ3n) is 3.04. The lowest BCUT2D eigenvalue weighted by Crippen LogP contribution is -2.01. The maximum Gasteiger partial charge on any atom is 0.119 e. The molecule has 1 atom stereocenters. The molecule has 2 aromatic rings. The predicted molar refractivity (Wildman–Crippen MR) is 84.3 cm³/mol. The molecule has 0 fully saturated rings. The number of methoxy groups -OCH3 is 1. The quantitative estimate of drug-likeness (QED) is 0.654. The molecule has 106 valence electrons. The van der Waals surface area contributed by atoms with Gasteiger partial charge in [0.05, 0.1) is 13.2 Å². The van der Waals surface area contributed by atoms with Crippen molar-refractivity contribution in [1.82, 2.24) is 0 Å². The number of hydrogen-bond acceptors (Lipinski definition) is 4. The molecule has 2 aromatic carbocycles. The molecule has 0 spiro atoms. The number of aliphatic hydroxyl groups excluding tert-OH is 1. The first-order valence-electron chi connectivity index (χ1n) is 6.41. The van der Waals surface area contributed by atoms with Gasteiger partial charge in [-0.3, -0.25) is 0 Å². The van der Waals surface area contributed by atoms with Gasteiger partial charge in [-0.1, -0.05) is 18.2 Å². The van der Waals surface area contributed by atoms with Gasteiger partial charge in [0, 0.05) is 16.3 Å². The van der Waals surface area contributed by atoms with Crippen molar-refractivity contribution in [3.8, 4) is 5.75 Å². The first kappa shape index (κ1) is 14.8. The van der Waals surface area contributed by atoms with E-state index < -0.39 is 6.10 Å². The molecule has 3 N–H and O–H groups in total. The molecule has 1 unspecified atom stereocenters. The number of thioether (sulfide) groups is 1. The lowest BCUT2D eigenvalue weighted by molar-refractivity contribution is 0.203. The zero-order valence-electron chi connectivity index (χ0n) is 11.7. The number of ether oxygens (including phenoxy) is 1. The van der Waals surface area contributed by atoms with Crippen LogP contribution in [-0.4, -0.2) is 18.0 Å². The van der Waals surface area contributed by atoms with Crippen molar-refractivity contribution >= 4 is 17.4 Å². The summed E-state index contributed by atoms with van der Waals surface area (Å²) in [5.41, 5.74) is 8.70. The summed E-state index contributed by atoms with van der Waals surface area (Å²) in [6, 6.07) is 13.4. The number of nitrogens with two attached hydrogens (primary N) is 1. The first-order valence-corrected chi connectivity index (χ1v) is 7.39. The Morgan fingerprint density at radius 2 is 2.05 bits per heavy atom. The molecule has 0 aliphatic carbocycles. The van der Waals surface area contributed by atoms with Gasteiger partial charge < -0.3 is 15.6 Å². The molecule has 0 radical (unpaired) electrons. The largest absolute Gasteiger partial charge is 0.497 e.